The van der Waals surface area contributed by atoms with Crippen LogP contribution < -0.4 is 6.15 Å². The zero-order chi connectivity index (χ0) is 11.8. The molecule has 1 aliphatic rings. The number of hydrogen-bond acceptors (Lipinski definition) is 3. The average molecular weight is 257 g/mol. The van der Waals surface area contributed by atoms with E-state index in [1.54, 1.807) is 0 Å². The van der Waals surface area contributed by atoms with Crippen molar-refractivity contribution < 1.29 is 9.63 Å². The second-order valence-electron chi connectivity index (χ2n) is 4.59. The smallest absolute Gasteiger partial charge is 0.254 e. The zero-order valence-corrected chi connectivity index (χ0v) is 10.8. The minimum atomic E-state index is -0.429. The Kier molecular flexibility index (Phi) is 4.14. The van der Waals surface area contributed by atoms with Crippen molar-refractivity contribution in [2.75, 3.05) is 6.61 Å². The van der Waals surface area contributed by atoms with E-state index in [9.17, 15) is 4.79 Å². The van der Waals surface area contributed by atoms with Gasteiger partial charge in [-0.05, 0) is 25.5 Å². The Labute approximate surface area is 106 Å². The quantitative estimate of drug-likeness (QED) is 0.885. The first-order valence-corrected chi connectivity index (χ1v) is 5.57. The second-order valence-corrected chi connectivity index (χ2v) is 5.00. The number of halogens is 1. The summed E-state index contributed by atoms with van der Waals surface area (Å²) in [6.07, 6.45) is 0. The lowest BCUT2D eigenvalue weighted by atomic mass is 9.95. The van der Waals surface area contributed by atoms with E-state index >= 15 is 0 Å². The summed E-state index contributed by atoms with van der Waals surface area (Å²) in [6.45, 7) is 4.59. The van der Waals surface area contributed by atoms with Gasteiger partial charge in [0.2, 0.25) is 0 Å². The lowest BCUT2D eigenvalue weighted by molar-refractivity contribution is -0.165. The van der Waals surface area contributed by atoms with Crippen LogP contribution in [0.5, 0.6) is 0 Å². The van der Waals surface area contributed by atoms with Gasteiger partial charge < -0.3 is 6.15 Å². The third kappa shape index (κ3) is 2.77. The fourth-order valence-corrected chi connectivity index (χ4v) is 1.79. The molecule has 1 amide bonds. The van der Waals surface area contributed by atoms with Gasteiger partial charge in [0, 0.05) is 5.02 Å². The minimum Gasteiger partial charge on any atom is -0.344 e. The van der Waals surface area contributed by atoms with Crippen molar-refractivity contribution in [3.05, 3.63) is 34.9 Å². The Balaban J connectivity index is 0.00000144. The van der Waals surface area contributed by atoms with Crippen LogP contribution in [0, 0.1) is 5.41 Å². The molecule has 1 aromatic carbocycles. The maximum absolute atomic E-state index is 11.9. The molecule has 0 spiro atoms. The molecule has 0 unspecified atom stereocenters. The van der Waals surface area contributed by atoms with Gasteiger partial charge in [0.1, 0.15) is 0 Å². The van der Waals surface area contributed by atoms with Crippen LogP contribution in [0.15, 0.2) is 24.3 Å². The first-order chi connectivity index (χ1) is 7.50. The largest absolute Gasteiger partial charge is 0.344 e. The molecule has 0 bridgehead atoms. The van der Waals surface area contributed by atoms with E-state index in [1.165, 1.54) is 5.06 Å². The second kappa shape index (κ2) is 5.04. The van der Waals surface area contributed by atoms with E-state index in [-0.39, 0.29) is 12.1 Å². The average Bonchev–Trinajstić information content (AvgIpc) is 2.49. The Morgan fingerprint density at radius 1 is 1.41 bits per heavy atom. The lowest BCUT2D eigenvalue weighted by Crippen LogP contribution is -2.30. The highest BCUT2D eigenvalue weighted by Gasteiger charge is 2.40. The van der Waals surface area contributed by atoms with Crippen molar-refractivity contribution >= 4 is 17.5 Å². The normalized spacial score (nSPS) is 18.1. The van der Waals surface area contributed by atoms with E-state index < -0.39 is 5.41 Å². The first kappa shape index (κ1) is 14.0. The summed E-state index contributed by atoms with van der Waals surface area (Å²) in [5, 5.41) is 2.05. The summed E-state index contributed by atoms with van der Waals surface area (Å²) in [4.78, 5) is 17.3. The molecule has 4 nitrogen and oxygen atoms in total. The number of carbonyl (C=O) groups is 1. The van der Waals surface area contributed by atoms with Gasteiger partial charge in [-0.15, -0.1) is 0 Å². The number of amides is 1. The van der Waals surface area contributed by atoms with E-state index in [4.69, 9.17) is 16.4 Å². The number of hydrogen-bond donors (Lipinski definition) is 1. The Hall–Kier alpha value is -1.10. The number of hydroxylamine groups is 2. The number of rotatable bonds is 2. The van der Waals surface area contributed by atoms with Crippen LogP contribution in [0.2, 0.25) is 5.02 Å². The number of carbonyl (C=O) groups excluding carboxylic acids is 1. The van der Waals surface area contributed by atoms with Crippen LogP contribution in [0.25, 0.3) is 0 Å². The molecule has 5 heteroatoms. The summed E-state index contributed by atoms with van der Waals surface area (Å²) < 4.78 is 0. The predicted molar refractivity (Wildman–Crippen MR) is 66.8 cm³/mol. The third-order valence-corrected chi connectivity index (χ3v) is 3.03. The summed E-state index contributed by atoms with van der Waals surface area (Å²) >= 11 is 6.03. The van der Waals surface area contributed by atoms with Crippen LogP contribution in [-0.2, 0) is 16.2 Å². The monoisotopic (exact) mass is 256 g/mol. The molecule has 0 aromatic heterocycles. The molecule has 0 aliphatic carbocycles. The molecule has 94 valence electrons. The van der Waals surface area contributed by atoms with Crippen LogP contribution in [0.1, 0.15) is 19.4 Å². The van der Waals surface area contributed by atoms with Gasteiger partial charge in [-0.2, -0.15) is 0 Å². The van der Waals surface area contributed by atoms with Gasteiger partial charge in [-0.3, -0.25) is 9.63 Å². The van der Waals surface area contributed by atoms with Crippen molar-refractivity contribution in [2.24, 2.45) is 5.41 Å². The standard InChI is InChI=1S/C12H14ClNO2.H3N/c1-12(2)8-16-14(11(12)15)7-9-5-3-4-6-10(9)13;/h3-6H,7-8H2,1-2H3;1H3. The lowest BCUT2D eigenvalue weighted by Gasteiger charge is -2.16. The molecular weight excluding hydrogens is 240 g/mol. The number of nitrogens with zero attached hydrogens (tertiary/aromatic N) is 1. The molecule has 0 saturated carbocycles. The fraction of sp³-hybridized carbons (Fsp3) is 0.417. The van der Waals surface area contributed by atoms with Crippen LogP contribution in [-0.4, -0.2) is 17.6 Å². The molecule has 1 heterocycles. The Morgan fingerprint density at radius 2 is 2.06 bits per heavy atom. The SMILES string of the molecule is CC1(C)CON(Cc2ccccc2Cl)C1=O.N. The molecular formula is C12H17ClN2O2. The van der Waals surface area contributed by atoms with Crippen molar-refractivity contribution in [1.29, 1.82) is 0 Å². The molecule has 2 rings (SSSR count). The summed E-state index contributed by atoms with van der Waals surface area (Å²) in [5.41, 5.74) is 0.469. The van der Waals surface area contributed by atoms with Crippen LogP contribution in [0.4, 0.5) is 0 Å². The molecule has 1 aromatic rings. The topological polar surface area (TPSA) is 64.5 Å². The van der Waals surface area contributed by atoms with Crippen molar-refractivity contribution in [3.63, 3.8) is 0 Å². The highest BCUT2D eigenvalue weighted by Crippen LogP contribution is 2.29. The van der Waals surface area contributed by atoms with Crippen molar-refractivity contribution in [3.8, 4) is 0 Å². The van der Waals surface area contributed by atoms with Crippen LogP contribution >= 0.6 is 11.6 Å². The maximum atomic E-state index is 11.9. The van der Waals surface area contributed by atoms with Crippen molar-refractivity contribution in [1.82, 2.24) is 11.2 Å². The summed E-state index contributed by atoms with van der Waals surface area (Å²) in [7, 11) is 0. The highest BCUT2D eigenvalue weighted by molar-refractivity contribution is 6.31. The predicted octanol–water partition coefficient (Wildman–Crippen LogP) is 2.80. The van der Waals surface area contributed by atoms with E-state index in [2.05, 4.69) is 0 Å². The van der Waals surface area contributed by atoms with Gasteiger partial charge in [-0.25, -0.2) is 5.06 Å². The minimum absolute atomic E-state index is 0. The summed E-state index contributed by atoms with van der Waals surface area (Å²) in [6, 6.07) is 7.46. The Morgan fingerprint density at radius 3 is 2.59 bits per heavy atom. The Bertz CT molecular complexity index is 421. The fourth-order valence-electron chi connectivity index (χ4n) is 1.60. The van der Waals surface area contributed by atoms with E-state index in [1.807, 2.05) is 38.1 Å². The molecule has 1 fully saturated rings. The molecule has 17 heavy (non-hydrogen) atoms. The summed E-state index contributed by atoms with van der Waals surface area (Å²) in [5.74, 6) is 0.00687. The highest BCUT2D eigenvalue weighted by atomic mass is 35.5. The molecule has 1 saturated heterocycles. The van der Waals surface area contributed by atoms with E-state index in [0.717, 1.165) is 5.56 Å². The van der Waals surface area contributed by atoms with Crippen LogP contribution in [0.3, 0.4) is 0 Å². The molecule has 0 atom stereocenters. The molecule has 3 N–H and O–H groups in total. The van der Waals surface area contributed by atoms with Gasteiger partial charge in [0.15, 0.2) is 0 Å². The number of benzene rings is 1. The van der Waals surface area contributed by atoms with Gasteiger partial charge >= 0.3 is 0 Å². The maximum Gasteiger partial charge on any atom is 0.254 e. The van der Waals surface area contributed by atoms with Gasteiger partial charge in [0.25, 0.3) is 5.91 Å². The molecule has 1 aliphatic heterocycles. The van der Waals surface area contributed by atoms with Gasteiger partial charge in [-0.1, -0.05) is 29.8 Å². The third-order valence-electron chi connectivity index (χ3n) is 2.66. The molecule has 0 radical (unpaired) electrons. The van der Waals surface area contributed by atoms with Crippen molar-refractivity contribution in [2.45, 2.75) is 20.4 Å². The van der Waals surface area contributed by atoms with E-state index in [0.29, 0.717) is 18.2 Å². The van der Waals surface area contributed by atoms with Gasteiger partial charge in [0.05, 0.1) is 18.6 Å². The first-order valence-electron chi connectivity index (χ1n) is 5.19. The zero-order valence-electron chi connectivity index (χ0n) is 10.1.